The molecule has 5 heteroatoms. The molecule has 0 spiro atoms. The lowest BCUT2D eigenvalue weighted by atomic mass is 10.1. The van der Waals surface area contributed by atoms with Crippen molar-refractivity contribution in [3.63, 3.8) is 0 Å². The minimum absolute atomic E-state index is 0.245. The van der Waals surface area contributed by atoms with Gasteiger partial charge in [0.1, 0.15) is 0 Å². The van der Waals surface area contributed by atoms with Crippen molar-refractivity contribution in [2.75, 3.05) is 7.11 Å². The van der Waals surface area contributed by atoms with Gasteiger partial charge in [0.05, 0.1) is 12.7 Å². The molecule has 0 aliphatic rings. The van der Waals surface area contributed by atoms with E-state index in [2.05, 4.69) is 4.98 Å². The van der Waals surface area contributed by atoms with Crippen LogP contribution in [0.5, 0.6) is 5.88 Å². The van der Waals surface area contributed by atoms with Gasteiger partial charge in [-0.05, 0) is 13.0 Å². The lowest BCUT2D eigenvalue weighted by Crippen LogP contribution is -2.24. The highest BCUT2D eigenvalue weighted by atomic mass is 16.5. The summed E-state index contributed by atoms with van der Waals surface area (Å²) >= 11 is 0. The Balaban J connectivity index is 2.03. The van der Waals surface area contributed by atoms with Gasteiger partial charge in [-0.15, -0.1) is 0 Å². The van der Waals surface area contributed by atoms with Crippen molar-refractivity contribution in [1.29, 1.82) is 0 Å². The number of benzene rings is 1. The van der Waals surface area contributed by atoms with Crippen molar-refractivity contribution in [1.82, 2.24) is 4.98 Å². The number of esters is 1. The predicted molar refractivity (Wildman–Crippen MR) is 76.4 cm³/mol. The average Bonchev–Trinajstić information content (AvgIpc) is 2.55. The first-order valence-corrected chi connectivity index (χ1v) is 6.42. The van der Waals surface area contributed by atoms with Crippen molar-refractivity contribution in [2.45, 2.75) is 13.0 Å². The minimum atomic E-state index is -0.859. The Labute approximate surface area is 122 Å². The molecule has 108 valence electrons. The van der Waals surface area contributed by atoms with Crippen LogP contribution in [0.1, 0.15) is 27.6 Å². The van der Waals surface area contributed by atoms with Gasteiger partial charge in [-0.25, -0.2) is 9.78 Å². The lowest BCUT2D eigenvalue weighted by molar-refractivity contribution is 0.0318. The quantitative estimate of drug-likeness (QED) is 0.624. The third kappa shape index (κ3) is 3.66. The summed E-state index contributed by atoms with van der Waals surface area (Å²) < 4.78 is 10.1. The molecule has 0 saturated carbocycles. The number of nitrogens with zero attached hydrogens (tertiary/aromatic N) is 1. The van der Waals surface area contributed by atoms with E-state index in [1.807, 2.05) is 6.07 Å². The smallest absolute Gasteiger partial charge is 0.340 e. The summed E-state index contributed by atoms with van der Waals surface area (Å²) in [5, 5.41) is 0. The van der Waals surface area contributed by atoms with E-state index >= 15 is 0 Å². The minimum Gasteiger partial charge on any atom is -0.481 e. The van der Waals surface area contributed by atoms with Crippen LogP contribution >= 0.6 is 0 Å². The first-order valence-electron chi connectivity index (χ1n) is 6.42. The summed E-state index contributed by atoms with van der Waals surface area (Å²) in [6, 6.07) is 11.8. The number of rotatable bonds is 5. The molecule has 0 saturated heterocycles. The summed E-state index contributed by atoms with van der Waals surface area (Å²) in [5.41, 5.74) is 0.772. The van der Waals surface area contributed by atoms with Crippen LogP contribution < -0.4 is 4.74 Å². The van der Waals surface area contributed by atoms with E-state index in [4.69, 9.17) is 9.47 Å². The molecule has 2 aromatic rings. The van der Waals surface area contributed by atoms with Gasteiger partial charge in [-0.1, -0.05) is 30.3 Å². The summed E-state index contributed by atoms with van der Waals surface area (Å²) in [4.78, 5) is 28.0. The number of ketones is 1. The van der Waals surface area contributed by atoms with Gasteiger partial charge < -0.3 is 9.47 Å². The van der Waals surface area contributed by atoms with Crippen LogP contribution in [0.25, 0.3) is 0 Å². The molecule has 0 aliphatic carbocycles. The van der Waals surface area contributed by atoms with E-state index in [1.165, 1.54) is 19.4 Å². The van der Waals surface area contributed by atoms with E-state index in [0.717, 1.165) is 0 Å². The van der Waals surface area contributed by atoms with Crippen LogP contribution in [0.4, 0.5) is 0 Å². The van der Waals surface area contributed by atoms with Crippen LogP contribution in [-0.4, -0.2) is 30.0 Å². The zero-order valence-electron chi connectivity index (χ0n) is 11.8. The second-order valence-corrected chi connectivity index (χ2v) is 4.37. The Morgan fingerprint density at radius 3 is 2.33 bits per heavy atom. The number of carbonyl (C=O) groups is 2. The fraction of sp³-hybridized carbons (Fsp3) is 0.188. The molecule has 0 aliphatic heterocycles. The van der Waals surface area contributed by atoms with E-state index in [0.29, 0.717) is 11.4 Å². The van der Waals surface area contributed by atoms with Gasteiger partial charge in [0.25, 0.3) is 0 Å². The topological polar surface area (TPSA) is 65.5 Å². The maximum atomic E-state index is 12.1. The third-order valence-corrected chi connectivity index (χ3v) is 2.89. The molecule has 0 radical (unpaired) electrons. The monoisotopic (exact) mass is 285 g/mol. The molecule has 0 bridgehead atoms. The summed E-state index contributed by atoms with van der Waals surface area (Å²) in [7, 11) is 1.49. The van der Waals surface area contributed by atoms with E-state index in [9.17, 15) is 9.59 Å². The van der Waals surface area contributed by atoms with Crippen molar-refractivity contribution in [3.05, 3.63) is 59.8 Å². The lowest BCUT2D eigenvalue weighted by Gasteiger charge is -2.12. The second kappa shape index (κ2) is 6.65. The zero-order chi connectivity index (χ0) is 15.2. The summed E-state index contributed by atoms with van der Waals surface area (Å²) in [6.45, 7) is 1.55. The molecule has 1 aromatic heterocycles. The van der Waals surface area contributed by atoms with Crippen molar-refractivity contribution >= 4 is 11.8 Å². The molecule has 0 amide bonds. The number of ether oxygens (including phenoxy) is 2. The Morgan fingerprint density at radius 2 is 1.76 bits per heavy atom. The van der Waals surface area contributed by atoms with Crippen LogP contribution in [0, 0.1) is 0 Å². The van der Waals surface area contributed by atoms with Crippen molar-refractivity contribution in [2.24, 2.45) is 0 Å². The van der Waals surface area contributed by atoms with Crippen LogP contribution in [-0.2, 0) is 4.74 Å². The highest BCUT2D eigenvalue weighted by Gasteiger charge is 2.20. The van der Waals surface area contributed by atoms with E-state index < -0.39 is 12.1 Å². The number of hydrogen-bond acceptors (Lipinski definition) is 5. The number of hydrogen-bond donors (Lipinski definition) is 0. The van der Waals surface area contributed by atoms with Gasteiger partial charge in [0.15, 0.2) is 6.10 Å². The molecular formula is C16H15NO4. The first kappa shape index (κ1) is 14.7. The largest absolute Gasteiger partial charge is 0.481 e. The molecule has 1 aromatic carbocycles. The molecule has 2 rings (SSSR count). The highest BCUT2D eigenvalue weighted by Crippen LogP contribution is 2.11. The molecule has 0 N–H and O–H groups in total. The van der Waals surface area contributed by atoms with Gasteiger partial charge in [-0.2, -0.15) is 0 Å². The molecule has 0 fully saturated rings. The van der Waals surface area contributed by atoms with Crippen LogP contribution in [0.15, 0.2) is 48.7 Å². The number of pyridine rings is 1. The van der Waals surface area contributed by atoms with Crippen molar-refractivity contribution < 1.29 is 19.1 Å². The molecule has 0 unspecified atom stereocenters. The standard InChI is InChI=1S/C16H15NO4/c1-11(15(18)12-6-4-3-5-7-12)21-16(19)13-8-9-14(20-2)17-10-13/h3-11H,1-2H3/t11-/m1/s1. The second-order valence-electron chi connectivity index (χ2n) is 4.37. The third-order valence-electron chi connectivity index (χ3n) is 2.89. The normalized spacial score (nSPS) is 11.5. The van der Waals surface area contributed by atoms with Crippen LogP contribution in [0.2, 0.25) is 0 Å². The fourth-order valence-corrected chi connectivity index (χ4v) is 1.74. The Kier molecular flexibility index (Phi) is 4.66. The number of Topliss-reactive ketones (excluding diaryl/α,β-unsaturated/α-hetero) is 1. The Hall–Kier alpha value is -2.69. The van der Waals surface area contributed by atoms with Gasteiger partial charge in [0, 0.05) is 17.8 Å². The molecule has 5 nitrogen and oxygen atoms in total. The van der Waals surface area contributed by atoms with E-state index in [1.54, 1.807) is 37.3 Å². The fourth-order valence-electron chi connectivity index (χ4n) is 1.74. The van der Waals surface area contributed by atoms with Crippen LogP contribution in [0.3, 0.4) is 0 Å². The predicted octanol–water partition coefficient (Wildman–Crippen LogP) is 2.52. The maximum absolute atomic E-state index is 12.1. The summed E-state index contributed by atoms with van der Waals surface area (Å²) in [5.74, 6) is -0.438. The molecule has 21 heavy (non-hydrogen) atoms. The average molecular weight is 285 g/mol. The van der Waals surface area contributed by atoms with Gasteiger partial charge >= 0.3 is 5.97 Å². The SMILES string of the molecule is COc1ccc(C(=O)O[C@H](C)C(=O)c2ccccc2)cn1. The number of methoxy groups -OCH3 is 1. The number of carbonyl (C=O) groups excluding carboxylic acids is 2. The molecular weight excluding hydrogens is 270 g/mol. The highest BCUT2D eigenvalue weighted by molar-refractivity contribution is 6.01. The molecule has 1 atom stereocenters. The Bertz CT molecular complexity index is 622. The summed E-state index contributed by atoms with van der Waals surface area (Å²) in [6.07, 6.45) is 0.489. The zero-order valence-corrected chi connectivity index (χ0v) is 11.8. The van der Waals surface area contributed by atoms with Gasteiger partial charge in [-0.3, -0.25) is 4.79 Å². The van der Waals surface area contributed by atoms with Crippen molar-refractivity contribution in [3.8, 4) is 5.88 Å². The Morgan fingerprint density at radius 1 is 1.05 bits per heavy atom. The van der Waals surface area contributed by atoms with Gasteiger partial charge in [0.2, 0.25) is 11.7 Å². The number of aromatic nitrogens is 1. The first-order chi connectivity index (χ1) is 10.1. The maximum Gasteiger partial charge on any atom is 0.340 e. The van der Waals surface area contributed by atoms with E-state index in [-0.39, 0.29) is 11.3 Å². The molecule has 1 heterocycles.